The van der Waals surface area contributed by atoms with Crippen molar-refractivity contribution in [2.75, 3.05) is 19.7 Å². The molecule has 1 aliphatic rings. The minimum atomic E-state index is -0.980. The highest BCUT2D eigenvalue weighted by Gasteiger charge is 2.28. The van der Waals surface area contributed by atoms with Gasteiger partial charge in [0.05, 0.1) is 6.54 Å². The van der Waals surface area contributed by atoms with Crippen LogP contribution < -0.4 is 11.1 Å². The summed E-state index contributed by atoms with van der Waals surface area (Å²) in [5.74, 6) is -1.20. The van der Waals surface area contributed by atoms with Gasteiger partial charge in [0.1, 0.15) is 12.6 Å². The van der Waals surface area contributed by atoms with Gasteiger partial charge in [0.2, 0.25) is 0 Å². The topological polar surface area (TPSA) is 102 Å². The number of aliphatic carboxylic acids is 1. The van der Waals surface area contributed by atoms with Gasteiger partial charge in [-0.05, 0) is 41.6 Å². The lowest BCUT2D eigenvalue weighted by Gasteiger charge is -2.14. The molecule has 0 aromatic heterocycles. The Labute approximate surface area is 164 Å². The number of hydrogen-bond donors (Lipinski definition) is 3. The highest BCUT2D eigenvalue weighted by molar-refractivity contribution is 5.79. The third kappa shape index (κ3) is 4.77. The van der Waals surface area contributed by atoms with E-state index < -0.39 is 12.0 Å². The van der Waals surface area contributed by atoms with Gasteiger partial charge in [-0.15, -0.1) is 0 Å². The Kier molecular flexibility index (Phi) is 6.79. The lowest BCUT2D eigenvalue weighted by molar-refractivity contribution is -0.142. The smallest absolute Gasteiger partial charge is 0.320 e. The minimum Gasteiger partial charge on any atom is -0.480 e. The zero-order valence-electron chi connectivity index (χ0n) is 15.8. The first-order chi connectivity index (χ1) is 13.6. The van der Waals surface area contributed by atoms with Crippen LogP contribution in [0.15, 0.2) is 48.5 Å². The molecule has 0 saturated carbocycles. The van der Waals surface area contributed by atoms with E-state index in [4.69, 9.17) is 15.6 Å². The molecule has 6 nitrogen and oxygen atoms in total. The van der Waals surface area contributed by atoms with Crippen molar-refractivity contribution < 1.29 is 19.4 Å². The molecular formula is C22H26N2O4. The van der Waals surface area contributed by atoms with E-state index in [2.05, 4.69) is 29.6 Å². The van der Waals surface area contributed by atoms with Crippen LogP contribution >= 0.6 is 0 Å². The highest BCUT2D eigenvalue weighted by atomic mass is 16.5. The van der Waals surface area contributed by atoms with Crippen molar-refractivity contribution >= 4 is 11.9 Å². The van der Waals surface area contributed by atoms with E-state index in [-0.39, 0.29) is 18.4 Å². The summed E-state index contributed by atoms with van der Waals surface area (Å²) in [5, 5.41) is 11.8. The third-order valence-corrected chi connectivity index (χ3v) is 5.08. The van der Waals surface area contributed by atoms with Crippen molar-refractivity contribution in [3.05, 3.63) is 59.7 Å². The number of esters is 1. The van der Waals surface area contributed by atoms with E-state index in [0.717, 1.165) is 6.42 Å². The first-order valence-electron chi connectivity index (χ1n) is 9.61. The second-order valence-electron chi connectivity index (χ2n) is 7.03. The van der Waals surface area contributed by atoms with Crippen molar-refractivity contribution in [1.29, 1.82) is 0 Å². The molecule has 6 heteroatoms. The van der Waals surface area contributed by atoms with Gasteiger partial charge < -0.3 is 20.9 Å². The van der Waals surface area contributed by atoms with Gasteiger partial charge in [0.15, 0.2) is 0 Å². The number of carboxylic acid groups (broad SMARTS) is 1. The zero-order chi connectivity index (χ0) is 19.9. The first-order valence-corrected chi connectivity index (χ1v) is 9.61. The Morgan fingerprint density at radius 3 is 2.25 bits per heavy atom. The molecule has 0 aliphatic heterocycles. The molecule has 0 bridgehead atoms. The summed E-state index contributed by atoms with van der Waals surface area (Å²) in [4.78, 5) is 22.7. The van der Waals surface area contributed by atoms with E-state index in [1.54, 1.807) is 0 Å². The van der Waals surface area contributed by atoms with Crippen molar-refractivity contribution in [1.82, 2.24) is 5.32 Å². The zero-order valence-corrected chi connectivity index (χ0v) is 15.8. The molecule has 0 amide bonds. The molecule has 0 spiro atoms. The number of nitrogens with two attached hydrogens (primary N) is 1. The number of ether oxygens (including phenoxy) is 1. The highest BCUT2D eigenvalue weighted by Crippen LogP contribution is 2.44. The summed E-state index contributed by atoms with van der Waals surface area (Å²) < 4.78 is 5.52. The maximum atomic E-state index is 12.1. The summed E-state index contributed by atoms with van der Waals surface area (Å²) in [6.07, 6.45) is 1.89. The third-order valence-electron chi connectivity index (χ3n) is 5.08. The molecule has 1 aliphatic carbocycles. The molecular weight excluding hydrogens is 356 g/mol. The maximum Gasteiger partial charge on any atom is 0.320 e. The Morgan fingerprint density at radius 1 is 1.04 bits per heavy atom. The number of unbranched alkanes of at least 4 members (excludes halogenated alkanes) is 1. The number of carbonyl (C=O) groups excluding carboxylic acids is 1. The van der Waals surface area contributed by atoms with Gasteiger partial charge in [0.25, 0.3) is 0 Å². The summed E-state index contributed by atoms with van der Waals surface area (Å²) in [6.45, 7) is 1.08. The number of carboxylic acids is 1. The average molecular weight is 382 g/mol. The van der Waals surface area contributed by atoms with Crippen LogP contribution in [0.1, 0.15) is 36.3 Å². The number of fused-ring (bicyclic) bond motifs is 3. The van der Waals surface area contributed by atoms with Gasteiger partial charge in [0, 0.05) is 5.92 Å². The van der Waals surface area contributed by atoms with Gasteiger partial charge in [-0.25, -0.2) is 0 Å². The normalized spacial score (nSPS) is 13.6. The molecule has 28 heavy (non-hydrogen) atoms. The lowest BCUT2D eigenvalue weighted by Crippen LogP contribution is -2.30. The Balaban J connectivity index is 1.42. The predicted octanol–water partition coefficient (Wildman–Crippen LogP) is 2.51. The Morgan fingerprint density at radius 2 is 1.64 bits per heavy atom. The van der Waals surface area contributed by atoms with Crippen molar-refractivity contribution in [3.8, 4) is 11.1 Å². The first kappa shape index (κ1) is 20.0. The van der Waals surface area contributed by atoms with Gasteiger partial charge in [-0.3, -0.25) is 9.59 Å². The monoisotopic (exact) mass is 382 g/mol. The second-order valence-corrected chi connectivity index (χ2v) is 7.03. The summed E-state index contributed by atoms with van der Waals surface area (Å²) in [6, 6.07) is 15.6. The fraction of sp³-hybridized carbons (Fsp3) is 0.364. The largest absolute Gasteiger partial charge is 0.480 e. The fourth-order valence-electron chi connectivity index (χ4n) is 3.59. The van der Waals surface area contributed by atoms with Crippen LogP contribution in [0.4, 0.5) is 0 Å². The molecule has 2 aromatic carbocycles. The van der Waals surface area contributed by atoms with Crippen LogP contribution in [0, 0.1) is 0 Å². The number of nitrogens with one attached hydrogen (secondary N) is 1. The molecule has 4 N–H and O–H groups in total. The molecule has 148 valence electrons. The quantitative estimate of drug-likeness (QED) is 0.431. The lowest BCUT2D eigenvalue weighted by atomic mass is 9.98. The fourth-order valence-corrected chi connectivity index (χ4v) is 3.59. The maximum absolute atomic E-state index is 12.1. The summed E-state index contributed by atoms with van der Waals surface area (Å²) >= 11 is 0. The van der Waals surface area contributed by atoms with E-state index in [9.17, 15) is 9.59 Å². The van der Waals surface area contributed by atoms with E-state index in [1.807, 2.05) is 24.3 Å². The van der Waals surface area contributed by atoms with Gasteiger partial charge >= 0.3 is 11.9 Å². The van der Waals surface area contributed by atoms with Crippen LogP contribution in [0.3, 0.4) is 0 Å². The van der Waals surface area contributed by atoms with E-state index >= 15 is 0 Å². The summed E-state index contributed by atoms with van der Waals surface area (Å²) in [7, 11) is 0. The Bertz CT molecular complexity index is 791. The van der Waals surface area contributed by atoms with Crippen LogP contribution in [0.5, 0.6) is 0 Å². The summed E-state index contributed by atoms with van der Waals surface area (Å²) in [5.41, 5.74) is 10.3. The molecule has 0 saturated heterocycles. The predicted molar refractivity (Wildman–Crippen MR) is 107 cm³/mol. The molecule has 2 aromatic rings. The average Bonchev–Trinajstić information content (AvgIpc) is 3.02. The van der Waals surface area contributed by atoms with Gasteiger partial charge in [-0.2, -0.15) is 0 Å². The van der Waals surface area contributed by atoms with Crippen molar-refractivity contribution in [2.24, 2.45) is 5.73 Å². The van der Waals surface area contributed by atoms with Crippen molar-refractivity contribution in [2.45, 2.75) is 31.2 Å². The van der Waals surface area contributed by atoms with Crippen LogP contribution in [0.2, 0.25) is 0 Å². The Hall–Kier alpha value is -2.70. The SMILES string of the molecule is N[C@@H](CCCCNCC(=O)OCC1c2ccccc2-c2ccccc21)C(=O)O. The second kappa shape index (κ2) is 9.48. The van der Waals surface area contributed by atoms with Crippen LogP contribution in [-0.4, -0.2) is 42.8 Å². The molecule has 0 unspecified atom stereocenters. The van der Waals surface area contributed by atoms with Crippen LogP contribution in [-0.2, 0) is 14.3 Å². The molecule has 1 atom stereocenters. The standard InChI is InChI=1S/C22H26N2O4/c23-20(22(26)27)11-5-6-12-24-13-21(25)28-14-19-17-9-3-1-7-15(17)16-8-2-4-10-18(16)19/h1-4,7-10,19-20,24H,5-6,11-14,23H2,(H,26,27)/t20-/m0/s1. The number of benzene rings is 2. The molecule has 0 heterocycles. The van der Waals surface area contributed by atoms with E-state index in [0.29, 0.717) is 26.0 Å². The molecule has 0 fully saturated rings. The molecule has 3 rings (SSSR count). The minimum absolute atomic E-state index is 0.0638. The van der Waals surface area contributed by atoms with Gasteiger partial charge in [-0.1, -0.05) is 55.0 Å². The number of carbonyl (C=O) groups is 2. The van der Waals surface area contributed by atoms with E-state index in [1.165, 1.54) is 22.3 Å². The van der Waals surface area contributed by atoms with Crippen LogP contribution in [0.25, 0.3) is 11.1 Å². The number of rotatable bonds is 10. The molecule has 0 radical (unpaired) electrons. The van der Waals surface area contributed by atoms with Crippen molar-refractivity contribution in [3.63, 3.8) is 0 Å². The number of hydrogen-bond acceptors (Lipinski definition) is 5.